The Labute approximate surface area is 169 Å². The number of phenols is 1. The van der Waals surface area contributed by atoms with Crippen LogP contribution in [0.4, 0.5) is 11.4 Å². The first-order valence-electron chi connectivity index (χ1n) is 9.19. The number of nitrogens with zero attached hydrogens (tertiary/aromatic N) is 2. The summed E-state index contributed by atoms with van der Waals surface area (Å²) in [6.07, 6.45) is 0. The van der Waals surface area contributed by atoms with Crippen molar-refractivity contribution in [2.45, 2.75) is 0 Å². The third-order valence-electron chi connectivity index (χ3n) is 4.57. The van der Waals surface area contributed by atoms with Crippen LogP contribution in [0.15, 0.2) is 119 Å². The largest absolute Gasteiger partial charge is 0.507 e. The maximum absolute atomic E-state index is 14.4. The standard InChI is InChI=1S/C24H19N2O2P/c27-23-17-16-20(26-25-19-10-4-1-5-11-19)18-24(23)29(28,21-12-6-2-7-13-21)22-14-8-3-9-15-22/h1-18,27H. The van der Waals surface area contributed by atoms with Crippen LogP contribution in [0.25, 0.3) is 0 Å². The Morgan fingerprint density at radius 1 is 0.586 bits per heavy atom. The van der Waals surface area contributed by atoms with Gasteiger partial charge in [0.15, 0.2) is 7.14 Å². The highest BCUT2D eigenvalue weighted by molar-refractivity contribution is 7.85. The smallest absolute Gasteiger partial charge is 0.174 e. The van der Waals surface area contributed by atoms with E-state index in [9.17, 15) is 9.67 Å². The van der Waals surface area contributed by atoms with E-state index in [0.717, 1.165) is 5.69 Å². The first-order valence-corrected chi connectivity index (χ1v) is 10.9. The van der Waals surface area contributed by atoms with Crippen molar-refractivity contribution in [3.05, 3.63) is 109 Å². The van der Waals surface area contributed by atoms with Crippen LogP contribution in [0.5, 0.6) is 5.75 Å². The Bertz CT molecular complexity index is 1130. The minimum absolute atomic E-state index is 0.0281. The van der Waals surface area contributed by atoms with Crippen LogP contribution < -0.4 is 15.9 Å². The average Bonchev–Trinajstić information content (AvgIpc) is 2.80. The molecule has 0 amide bonds. The molecule has 142 valence electrons. The first-order chi connectivity index (χ1) is 14.2. The molecule has 0 aliphatic rings. The van der Waals surface area contributed by atoms with Crippen LogP contribution in [0.3, 0.4) is 0 Å². The van der Waals surface area contributed by atoms with E-state index in [1.807, 2.05) is 91.0 Å². The molecule has 5 heteroatoms. The third-order valence-corrected chi connectivity index (χ3v) is 7.66. The van der Waals surface area contributed by atoms with Crippen molar-refractivity contribution < 1.29 is 9.67 Å². The molecule has 0 bridgehead atoms. The number of benzene rings is 4. The average molecular weight is 398 g/mol. The highest BCUT2D eigenvalue weighted by Crippen LogP contribution is 2.45. The van der Waals surface area contributed by atoms with E-state index < -0.39 is 7.14 Å². The molecule has 1 N–H and O–H groups in total. The maximum Gasteiger partial charge on any atom is 0.174 e. The van der Waals surface area contributed by atoms with Crippen LogP contribution in [0.1, 0.15) is 0 Å². The van der Waals surface area contributed by atoms with Crippen molar-refractivity contribution in [3.63, 3.8) is 0 Å². The zero-order chi connectivity index (χ0) is 20.1. The van der Waals surface area contributed by atoms with Crippen molar-refractivity contribution in [2.75, 3.05) is 0 Å². The predicted octanol–water partition coefficient (Wildman–Crippen LogP) is 5.45. The van der Waals surface area contributed by atoms with E-state index in [1.165, 1.54) is 6.07 Å². The van der Waals surface area contributed by atoms with Gasteiger partial charge >= 0.3 is 0 Å². The molecule has 0 unspecified atom stereocenters. The molecule has 0 fully saturated rings. The molecule has 0 atom stereocenters. The van der Waals surface area contributed by atoms with Crippen molar-refractivity contribution in [1.29, 1.82) is 0 Å². The van der Waals surface area contributed by atoms with Gasteiger partial charge in [-0.2, -0.15) is 10.2 Å². The second-order valence-electron chi connectivity index (χ2n) is 6.49. The summed E-state index contributed by atoms with van der Waals surface area (Å²) in [7, 11) is -3.29. The molecule has 0 heterocycles. The van der Waals surface area contributed by atoms with Gasteiger partial charge in [0.05, 0.1) is 16.7 Å². The molecule has 4 nitrogen and oxygen atoms in total. The fourth-order valence-electron chi connectivity index (χ4n) is 3.14. The van der Waals surface area contributed by atoms with E-state index >= 15 is 0 Å². The van der Waals surface area contributed by atoms with E-state index in [4.69, 9.17) is 0 Å². The maximum atomic E-state index is 14.4. The topological polar surface area (TPSA) is 62.0 Å². The number of hydrogen-bond acceptors (Lipinski definition) is 4. The summed E-state index contributed by atoms with van der Waals surface area (Å²) in [5.74, 6) is -0.0281. The van der Waals surface area contributed by atoms with Gasteiger partial charge in [0.1, 0.15) is 5.75 Å². The van der Waals surface area contributed by atoms with E-state index in [2.05, 4.69) is 10.2 Å². The lowest BCUT2D eigenvalue weighted by Gasteiger charge is -2.21. The molecule has 0 aliphatic heterocycles. The minimum atomic E-state index is -3.29. The molecule has 0 aliphatic carbocycles. The van der Waals surface area contributed by atoms with Crippen molar-refractivity contribution in [3.8, 4) is 5.75 Å². The molecule has 0 saturated carbocycles. The van der Waals surface area contributed by atoms with Crippen LogP contribution in [-0.4, -0.2) is 5.11 Å². The quantitative estimate of drug-likeness (QED) is 0.359. The first kappa shape index (κ1) is 18.9. The van der Waals surface area contributed by atoms with Crippen molar-refractivity contribution in [1.82, 2.24) is 0 Å². The molecule has 4 rings (SSSR count). The van der Waals surface area contributed by atoms with Gasteiger partial charge in [-0.05, 0) is 30.3 Å². The van der Waals surface area contributed by atoms with Gasteiger partial charge < -0.3 is 9.67 Å². The Morgan fingerprint density at radius 3 is 1.62 bits per heavy atom. The van der Waals surface area contributed by atoms with Crippen LogP contribution >= 0.6 is 7.14 Å². The second-order valence-corrected chi connectivity index (χ2v) is 9.22. The molecule has 0 radical (unpaired) electrons. The molecule has 4 aromatic carbocycles. The number of rotatable bonds is 5. The Morgan fingerprint density at radius 2 is 1.07 bits per heavy atom. The number of azo groups is 1. The summed E-state index contributed by atoms with van der Waals surface area (Å²) >= 11 is 0. The van der Waals surface area contributed by atoms with Gasteiger partial charge in [0.25, 0.3) is 0 Å². The molecule has 29 heavy (non-hydrogen) atoms. The summed E-state index contributed by atoms with van der Waals surface area (Å²) < 4.78 is 14.4. The molecule has 0 aromatic heterocycles. The molecular weight excluding hydrogens is 379 g/mol. The second kappa shape index (κ2) is 8.26. The summed E-state index contributed by atoms with van der Waals surface area (Å²) in [4.78, 5) is 0. The Balaban J connectivity index is 1.86. The van der Waals surface area contributed by atoms with E-state index in [-0.39, 0.29) is 5.75 Å². The van der Waals surface area contributed by atoms with Gasteiger partial charge in [-0.15, -0.1) is 0 Å². The highest BCUT2D eigenvalue weighted by Gasteiger charge is 2.32. The lowest BCUT2D eigenvalue weighted by atomic mass is 10.3. The monoisotopic (exact) mass is 398 g/mol. The van der Waals surface area contributed by atoms with Gasteiger partial charge in [-0.3, -0.25) is 0 Å². The molecular formula is C24H19N2O2P. The summed E-state index contributed by atoms with van der Waals surface area (Å²) in [6.45, 7) is 0. The minimum Gasteiger partial charge on any atom is -0.507 e. The van der Waals surface area contributed by atoms with Crippen molar-refractivity contribution in [2.24, 2.45) is 10.2 Å². The van der Waals surface area contributed by atoms with Gasteiger partial charge in [-0.25, -0.2) is 0 Å². The van der Waals surface area contributed by atoms with E-state index in [1.54, 1.807) is 12.1 Å². The third kappa shape index (κ3) is 3.89. The fourth-order valence-corrected chi connectivity index (χ4v) is 5.89. The van der Waals surface area contributed by atoms with Gasteiger partial charge in [0, 0.05) is 10.6 Å². The lowest BCUT2D eigenvalue weighted by Crippen LogP contribution is -2.25. The zero-order valence-corrected chi connectivity index (χ0v) is 16.5. The van der Waals surface area contributed by atoms with Crippen LogP contribution in [0.2, 0.25) is 0 Å². The van der Waals surface area contributed by atoms with Crippen LogP contribution in [0, 0.1) is 0 Å². The summed E-state index contributed by atoms with van der Waals surface area (Å²) in [5, 5.41) is 20.8. The number of phenolic OH excluding ortho intramolecular Hbond substituents is 1. The zero-order valence-electron chi connectivity index (χ0n) is 15.6. The lowest BCUT2D eigenvalue weighted by molar-refractivity contribution is 0.479. The Hall–Kier alpha value is -3.49. The summed E-state index contributed by atoms with van der Waals surface area (Å²) in [5.41, 5.74) is 1.24. The SMILES string of the molecule is O=P(c1ccccc1)(c1ccccc1)c1cc(N=Nc2ccccc2)ccc1O. The molecule has 0 saturated heterocycles. The normalized spacial score (nSPS) is 11.6. The Kier molecular flexibility index (Phi) is 5.37. The fraction of sp³-hybridized carbons (Fsp3) is 0. The number of hydrogen-bond donors (Lipinski definition) is 1. The van der Waals surface area contributed by atoms with Gasteiger partial charge in [-0.1, -0.05) is 78.9 Å². The van der Waals surface area contributed by atoms with E-state index in [0.29, 0.717) is 21.6 Å². The van der Waals surface area contributed by atoms with Crippen LogP contribution in [-0.2, 0) is 4.57 Å². The number of aromatic hydroxyl groups is 1. The summed E-state index contributed by atoms with van der Waals surface area (Å²) in [6, 6.07) is 32.7. The molecule has 4 aromatic rings. The highest BCUT2D eigenvalue weighted by atomic mass is 31.2. The molecule has 0 spiro atoms. The predicted molar refractivity (Wildman–Crippen MR) is 118 cm³/mol. The van der Waals surface area contributed by atoms with Gasteiger partial charge in [0.2, 0.25) is 0 Å². The van der Waals surface area contributed by atoms with Crippen molar-refractivity contribution >= 4 is 34.4 Å².